The van der Waals surface area contributed by atoms with Gasteiger partial charge in [0, 0.05) is 10.6 Å². The number of fused-ring (bicyclic) bond motifs is 1. The maximum atomic E-state index is 12.5. The Kier molecular flexibility index (Phi) is 4.71. The summed E-state index contributed by atoms with van der Waals surface area (Å²) in [6, 6.07) is 11.4. The minimum Gasteiger partial charge on any atom is -0.325 e. The fourth-order valence-corrected chi connectivity index (χ4v) is 3.35. The molecule has 0 bridgehead atoms. The molecule has 130 valence electrons. The molecule has 0 spiro atoms. The molecule has 1 aliphatic rings. The first-order valence-electron chi connectivity index (χ1n) is 7.34. The predicted molar refractivity (Wildman–Crippen MR) is 89.6 cm³/mol. The molecule has 2 aromatic carbocycles. The molecule has 25 heavy (non-hydrogen) atoms. The Bertz CT molecular complexity index is 806. The first-order valence-corrected chi connectivity index (χ1v) is 8.32. The molecule has 2 amide bonds. The summed E-state index contributed by atoms with van der Waals surface area (Å²) < 4.78 is 37.6. The summed E-state index contributed by atoms with van der Waals surface area (Å²) >= 11 is 1.41. The van der Waals surface area contributed by atoms with E-state index in [0.29, 0.717) is 5.69 Å². The van der Waals surface area contributed by atoms with Gasteiger partial charge < -0.3 is 10.2 Å². The summed E-state index contributed by atoms with van der Waals surface area (Å²) in [5.74, 6) is -0.425. The first kappa shape index (κ1) is 17.3. The van der Waals surface area contributed by atoms with Crippen LogP contribution in [0.1, 0.15) is 5.56 Å². The quantitative estimate of drug-likeness (QED) is 0.899. The van der Waals surface area contributed by atoms with E-state index in [0.717, 1.165) is 17.0 Å². The lowest BCUT2D eigenvalue weighted by Crippen LogP contribution is -2.41. The number of amides is 2. The van der Waals surface area contributed by atoms with Gasteiger partial charge in [-0.15, -0.1) is 11.8 Å². The summed E-state index contributed by atoms with van der Waals surface area (Å²) in [6.45, 7) is -0.197. The Labute approximate surface area is 146 Å². The van der Waals surface area contributed by atoms with Crippen molar-refractivity contribution in [3.05, 3.63) is 54.1 Å². The third-order valence-electron chi connectivity index (χ3n) is 3.61. The second-order valence-electron chi connectivity index (χ2n) is 5.36. The van der Waals surface area contributed by atoms with Crippen LogP contribution in [0.15, 0.2) is 53.4 Å². The van der Waals surface area contributed by atoms with Crippen molar-refractivity contribution in [3.63, 3.8) is 0 Å². The van der Waals surface area contributed by atoms with Crippen molar-refractivity contribution in [2.75, 3.05) is 22.5 Å². The summed E-state index contributed by atoms with van der Waals surface area (Å²) in [6.07, 6.45) is -4.43. The van der Waals surface area contributed by atoms with Crippen molar-refractivity contribution in [3.8, 4) is 0 Å². The number of hydrogen-bond acceptors (Lipinski definition) is 3. The number of benzene rings is 2. The molecule has 4 nitrogen and oxygen atoms in total. The van der Waals surface area contributed by atoms with Crippen molar-refractivity contribution < 1.29 is 22.8 Å². The largest absolute Gasteiger partial charge is 0.416 e. The Balaban J connectivity index is 1.70. The molecular weight excluding hydrogens is 353 g/mol. The Morgan fingerprint density at radius 3 is 2.48 bits per heavy atom. The number of nitrogens with one attached hydrogen (secondary N) is 1. The van der Waals surface area contributed by atoms with Crippen LogP contribution in [0.2, 0.25) is 0 Å². The lowest BCUT2D eigenvalue weighted by molar-refractivity contribution is -0.137. The zero-order valence-corrected chi connectivity index (χ0v) is 13.7. The van der Waals surface area contributed by atoms with Gasteiger partial charge in [0.15, 0.2) is 0 Å². The average Bonchev–Trinajstić information content (AvgIpc) is 2.57. The SMILES string of the molecule is O=C(CN1C(=O)CSc2ccccc21)Nc1ccc(C(F)(F)F)cc1. The Morgan fingerprint density at radius 1 is 1.12 bits per heavy atom. The van der Waals surface area contributed by atoms with E-state index in [2.05, 4.69) is 5.32 Å². The van der Waals surface area contributed by atoms with Crippen LogP contribution in [0.25, 0.3) is 0 Å². The summed E-state index contributed by atoms with van der Waals surface area (Å²) in [4.78, 5) is 26.6. The second-order valence-corrected chi connectivity index (χ2v) is 6.38. The maximum Gasteiger partial charge on any atom is 0.416 e. The molecule has 0 unspecified atom stereocenters. The lowest BCUT2D eigenvalue weighted by atomic mass is 10.2. The monoisotopic (exact) mass is 366 g/mol. The molecule has 1 aliphatic heterocycles. The second kappa shape index (κ2) is 6.79. The topological polar surface area (TPSA) is 49.4 Å². The zero-order valence-electron chi connectivity index (χ0n) is 12.8. The van der Waals surface area contributed by atoms with E-state index in [9.17, 15) is 22.8 Å². The Morgan fingerprint density at radius 2 is 1.80 bits per heavy atom. The number of halogens is 3. The van der Waals surface area contributed by atoms with Crippen LogP contribution in [0.3, 0.4) is 0 Å². The van der Waals surface area contributed by atoms with Gasteiger partial charge in [-0.2, -0.15) is 13.2 Å². The van der Waals surface area contributed by atoms with E-state index in [-0.39, 0.29) is 23.9 Å². The van der Waals surface area contributed by atoms with E-state index in [4.69, 9.17) is 0 Å². The number of para-hydroxylation sites is 1. The number of nitrogens with zero attached hydrogens (tertiary/aromatic N) is 1. The van der Waals surface area contributed by atoms with Crippen LogP contribution in [-0.2, 0) is 15.8 Å². The number of carbonyl (C=O) groups excluding carboxylic acids is 2. The molecule has 0 aliphatic carbocycles. The number of hydrogen-bond donors (Lipinski definition) is 1. The standard InChI is InChI=1S/C17H13F3N2O2S/c18-17(19,20)11-5-7-12(8-6-11)21-15(23)9-22-13-3-1-2-4-14(13)25-10-16(22)24/h1-8H,9-10H2,(H,21,23). The highest BCUT2D eigenvalue weighted by Gasteiger charge is 2.30. The summed E-state index contributed by atoms with van der Waals surface area (Å²) in [5.41, 5.74) is 0.110. The van der Waals surface area contributed by atoms with E-state index >= 15 is 0 Å². The number of anilines is 2. The molecule has 0 atom stereocenters. The maximum absolute atomic E-state index is 12.5. The Hall–Kier alpha value is -2.48. The zero-order chi connectivity index (χ0) is 18.0. The summed E-state index contributed by atoms with van der Waals surface area (Å²) in [7, 11) is 0. The van der Waals surface area contributed by atoms with E-state index in [1.165, 1.54) is 28.8 Å². The molecule has 0 radical (unpaired) electrons. The van der Waals surface area contributed by atoms with Gasteiger partial charge in [0.25, 0.3) is 0 Å². The molecule has 0 saturated heterocycles. The molecule has 1 N–H and O–H groups in total. The van der Waals surface area contributed by atoms with Crippen LogP contribution < -0.4 is 10.2 Å². The molecule has 0 aromatic heterocycles. The van der Waals surface area contributed by atoms with Gasteiger partial charge >= 0.3 is 6.18 Å². The van der Waals surface area contributed by atoms with Gasteiger partial charge in [0.1, 0.15) is 6.54 Å². The van der Waals surface area contributed by atoms with Crippen LogP contribution in [0.5, 0.6) is 0 Å². The van der Waals surface area contributed by atoms with Gasteiger partial charge in [0.05, 0.1) is 17.0 Å². The van der Waals surface area contributed by atoms with Crippen LogP contribution in [-0.4, -0.2) is 24.1 Å². The van der Waals surface area contributed by atoms with Crippen LogP contribution in [0, 0.1) is 0 Å². The fourth-order valence-electron chi connectivity index (χ4n) is 2.41. The molecule has 3 rings (SSSR count). The first-order chi connectivity index (χ1) is 11.8. The number of carbonyl (C=O) groups is 2. The molecular formula is C17H13F3N2O2S. The molecule has 0 fully saturated rings. The van der Waals surface area contributed by atoms with E-state index in [1.807, 2.05) is 12.1 Å². The average molecular weight is 366 g/mol. The van der Waals surface area contributed by atoms with Gasteiger partial charge in [0.2, 0.25) is 11.8 Å². The highest BCUT2D eigenvalue weighted by Crippen LogP contribution is 2.34. The minimum atomic E-state index is -4.43. The molecule has 2 aromatic rings. The van der Waals surface area contributed by atoms with Crippen LogP contribution >= 0.6 is 11.8 Å². The van der Waals surface area contributed by atoms with Crippen molar-refractivity contribution in [1.29, 1.82) is 0 Å². The normalized spacial score (nSPS) is 14.2. The van der Waals surface area contributed by atoms with Gasteiger partial charge in [-0.3, -0.25) is 9.59 Å². The van der Waals surface area contributed by atoms with Crippen molar-refractivity contribution >= 4 is 35.0 Å². The van der Waals surface area contributed by atoms with Crippen molar-refractivity contribution in [2.24, 2.45) is 0 Å². The van der Waals surface area contributed by atoms with Gasteiger partial charge in [-0.25, -0.2) is 0 Å². The molecule has 8 heteroatoms. The fraction of sp³-hybridized carbons (Fsp3) is 0.176. The highest BCUT2D eigenvalue weighted by molar-refractivity contribution is 8.00. The van der Waals surface area contributed by atoms with Gasteiger partial charge in [-0.05, 0) is 36.4 Å². The van der Waals surface area contributed by atoms with Crippen molar-refractivity contribution in [1.82, 2.24) is 0 Å². The molecule has 1 heterocycles. The van der Waals surface area contributed by atoms with Crippen molar-refractivity contribution in [2.45, 2.75) is 11.1 Å². The lowest BCUT2D eigenvalue weighted by Gasteiger charge is -2.28. The minimum absolute atomic E-state index is 0.189. The number of rotatable bonds is 3. The third kappa shape index (κ3) is 3.96. The van der Waals surface area contributed by atoms with E-state index in [1.54, 1.807) is 12.1 Å². The molecule has 0 saturated carbocycles. The van der Waals surface area contributed by atoms with E-state index < -0.39 is 17.6 Å². The number of alkyl halides is 3. The smallest absolute Gasteiger partial charge is 0.325 e. The predicted octanol–water partition coefficient (Wildman–Crippen LogP) is 3.78. The van der Waals surface area contributed by atoms with Crippen LogP contribution in [0.4, 0.5) is 24.5 Å². The summed E-state index contributed by atoms with van der Waals surface area (Å²) in [5, 5.41) is 2.51. The van der Waals surface area contributed by atoms with Gasteiger partial charge in [-0.1, -0.05) is 12.1 Å². The number of thioether (sulfide) groups is 1. The third-order valence-corrected chi connectivity index (χ3v) is 4.65. The highest BCUT2D eigenvalue weighted by atomic mass is 32.2.